The van der Waals surface area contributed by atoms with E-state index in [1.165, 1.54) is 24.3 Å². The number of unbranched alkanes of at least 4 members (excludes halogenated alkanes) is 2. The number of amides is 1. The summed E-state index contributed by atoms with van der Waals surface area (Å²) in [5.74, 6) is -1.74. The van der Waals surface area contributed by atoms with E-state index in [1.807, 2.05) is 54.6 Å². The Morgan fingerprint density at radius 1 is 0.847 bits per heavy atom. The second-order valence-corrected chi connectivity index (χ2v) is 18.3. The van der Waals surface area contributed by atoms with Gasteiger partial charge in [0.25, 0.3) is 11.4 Å². The number of rotatable bonds is 24. The molecule has 3 aliphatic rings. The molecular weight excluding hydrogens is 921 g/mol. The number of aliphatic hydroxyl groups excluding tert-OH is 2. The number of oxime groups is 1. The highest BCUT2D eigenvalue weighted by molar-refractivity contribution is 6.03. The molecule has 16 nitrogen and oxygen atoms in total. The molecule has 1 aliphatic heterocycles. The Morgan fingerprint density at radius 2 is 1.58 bits per heavy atom. The summed E-state index contributed by atoms with van der Waals surface area (Å²) in [4.78, 5) is 45.2. The van der Waals surface area contributed by atoms with Gasteiger partial charge in [-0.25, -0.2) is 4.79 Å². The van der Waals surface area contributed by atoms with Gasteiger partial charge in [0.1, 0.15) is 29.9 Å². The number of allylic oxidation sites excluding steroid dienone is 1. The van der Waals surface area contributed by atoms with Gasteiger partial charge >= 0.3 is 6.09 Å². The number of nitro groups is 2. The summed E-state index contributed by atoms with van der Waals surface area (Å²) in [6.07, 6.45) is 9.38. The van der Waals surface area contributed by atoms with Crippen molar-refractivity contribution in [3.8, 4) is 17.2 Å². The summed E-state index contributed by atoms with van der Waals surface area (Å²) in [5, 5.41) is 50.2. The lowest BCUT2D eigenvalue weighted by Gasteiger charge is -2.59. The SMILES string of the molecule is C=CCCOC(=O)N(Cc1cccc2ccccc12)C1CC(=NOCc2ccc([N+](=O)[O-])cc2)C2=CC(CCCCO)C(CCCCO)C3c4cc(Oc5cccc([N+](=O)[O-])c5)ccc4OC1(OCC=C)C23. The Hall–Kier alpha value is -7.40. The minimum Gasteiger partial charge on any atom is -0.459 e. The average Bonchev–Trinajstić information content (AvgIpc) is 3.39. The summed E-state index contributed by atoms with van der Waals surface area (Å²) < 4.78 is 27.1. The summed E-state index contributed by atoms with van der Waals surface area (Å²) >= 11 is 0. The van der Waals surface area contributed by atoms with E-state index in [9.17, 15) is 30.4 Å². The summed E-state index contributed by atoms with van der Waals surface area (Å²) in [7, 11) is 0. The molecule has 0 bridgehead atoms. The third-order valence-corrected chi connectivity index (χ3v) is 13.8. The lowest BCUT2D eigenvalue weighted by molar-refractivity contribution is -0.385. The number of non-ortho nitro benzene ring substituents is 2. The van der Waals surface area contributed by atoms with Crippen molar-refractivity contribution >= 4 is 34.0 Å². The molecule has 8 rings (SSSR count). The normalized spacial score (nSPS) is 21.3. The van der Waals surface area contributed by atoms with E-state index in [1.54, 1.807) is 47.4 Å². The molecule has 0 spiro atoms. The minimum absolute atomic E-state index is 0.00639. The number of carbonyl (C=O) groups is 1. The van der Waals surface area contributed by atoms with Crippen LogP contribution in [0, 0.1) is 38.0 Å². The molecule has 16 heteroatoms. The van der Waals surface area contributed by atoms with Crippen molar-refractivity contribution in [3.63, 3.8) is 0 Å². The second kappa shape index (κ2) is 23.7. The number of hydrogen-bond acceptors (Lipinski definition) is 13. The molecule has 72 heavy (non-hydrogen) atoms. The molecule has 376 valence electrons. The fourth-order valence-electron chi connectivity index (χ4n) is 10.6. The summed E-state index contributed by atoms with van der Waals surface area (Å²) in [5.41, 5.74) is 3.43. The first-order valence-electron chi connectivity index (χ1n) is 24.5. The maximum absolute atomic E-state index is 15.0. The van der Waals surface area contributed by atoms with E-state index in [4.69, 9.17) is 28.9 Å². The molecule has 6 unspecified atom stereocenters. The summed E-state index contributed by atoms with van der Waals surface area (Å²) in [6.45, 7) is 8.08. The van der Waals surface area contributed by atoms with Gasteiger partial charge in [-0.15, -0.1) is 13.2 Å². The number of ether oxygens (including phenoxy) is 4. The quantitative estimate of drug-likeness (QED) is 0.0256. The van der Waals surface area contributed by atoms with Crippen LogP contribution in [0.3, 0.4) is 0 Å². The van der Waals surface area contributed by atoms with E-state index in [2.05, 4.69) is 19.2 Å². The molecular formula is C56H60N4O12. The van der Waals surface area contributed by atoms with Gasteiger partial charge in [-0.05, 0) is 108 Å². The fourth-order valence-corrected chi connectivity index (χ4v) is 10.6. The maximum atomic E-state index is 15.0. The van der Waals surface area contributed by atoms with E-state index < -0.39 is 39.6 Å². The van der Waals surface area contributed by atoms with Crippen LogP contribution < -0.4 is 9.47 Å². The first kappa shape index (κ1) is 51.0. The van der Waals surface area contributed by atoms with Gasteiger partial charge in [0, 0.05) is 49.3 Å². The molecule has 0 saturated heterocycles. The van der Waals surface area contributed by atoms with Crippen molar-refractivity contribution in [2.75, 3.05) is 26.4 Å². The van der Waals surface area contributed by atoms with Crippen LogP contribution in [0.4, 0.5) is 16.2 Å². The number of carbonyl (C=O) groups excluding carboxylic acids is 1. The maximum Gasteiger partial charge on any atom is 0.410 e. The number of benzene rings is 5. The molecule has 1 saturated carbocycles. The van der Waals surface area contributed by atoms with Gasteiger partial charge in [-0.2, -0.15) is 0 Å². The third kappa shape index (κ3) is 11.2. The van der Waals surface area contributed by atoms with Crippen molar-refractivity contribution in [2.24, 2.45) is 22.9 Å². The molecule has 5 aromatic carbocycles. The van der Waals surface area contributed by atoms with Crippen LogP contribution in [0.15, 0.2) is 151 Å². The van der Waals surface area contributed by atoms with Crippen LogP contribution in [0.1, 0.15) is 74.0 Å². The number of fused-ring (bicyclic) bond motifs is 3. The Balaban J connectivity index is 1.35. The Labute approximate surface area is 418 Å². The van der Waals surface area contributed by atoms with Gasteiger partial charge in [0.05, 0.1) is 47.3 Å². The van der Waals surface area contributed by atoms with Gasteiger partial charge in [0.2, 0.25) is 5.79 Å². The first-order valence-corrected chi connectivity index (χ1v) is 24.5. The molecule has 2 N–H and O–H groups in total. The molecule has 2 aliphatic carbocycles. The van der Waals surface area contributed by atoms with Gasteiger partial charge in [-0.1, -0.05) is 84.8 Å². The average molecular weight is 981 g/mol. The molecule has 0 aromatic heterocycles. The number of aliphatic hydroxyl groups is 2. The Kier molecular flexibility index (Phi) is 16.8. The lowest BCUT2D eigenvalue weighted by atomic mass is 9.55. The minimum atomic E-state index is -1.62. The van der Waals surface area contributed by atoms with Crippen molar-refractivity contribution < 1.29 is 48.6 Å². The lowest BCUT2D eigenvalue weighted by Crippen LogP contribution is -2.70. The van der Waals surface area contributed by atoms with Crippen molar-refractivity contribution in [1.82, 2.24) is 4.90 Å². The van der Waals surface area contributed by atoms with Crippen LogP contribution in [-0.2, 0) is 27.5 Å². The zero-order chi connectivity index (χ0) is 50.6. The number of nitrogens with zero attached hydrogens (tertiary/aromatic N) is 4. The topological polar surface area (TPSA) is 206 Å². The van der Waals surface area contributed by atoms with Crippen molar-refractivity contribution in [3.05, 3.63) is 183 Å². The highest BCUT2D eigenvalue weighted by Crippen LogP contribution is 2.62. The molecule has 6 atom stereocenters. The van der Waals surface area contributed by atoms with Crippen LogP contribution in [0.2, 0.25) is 0 Å². The first-order chi connectivity index (χ1) is 35.1. The molecule has 5 aromatic rings. The molecule has 0 radical (unpaired) electrons. The van der Waals surface area contributed by atoms with Crippen molar-refractivity contribution in [2.45, 2.75) is 82.3 Å². The predicted molar refractivity (Wildman–Crippen MR) is 272 cm³/mol. The second-order valence-electron chi connectivity index (χ2n) is 18.3. The Morgan fingerprint density at radius 3 is 2.33 bits per heavy atom. The van der Waals surface area contributed by atoms with Crippen LogP contribution in [0.5, 0.6) is 17.2 Å². The van der Waals surface area contributed by atoms with E-state index in [0.29, 0.717) is 61.3 Å². The highest BCUT2D eigenvalue weighted by Gasteiger charge is 2.66. The van der Waals surface area contributed by atoms with E-state index in [-0.39, 0.29) is 75.0 Å². The van der Waals surface area contributed by atoms with Gasteiger partial charge in [0.15, 0.2) is 0 Å². The zero-order valence-electron chi connectivity index (χ0n) is 40.1. The fraction of sp³-hybridized carbons (Fsp3) is 0.357. The standard InChI is InChI=1S/C56H60N4O12/c1-3-5-31-68-55(63)58(36-41-17-12-16-39-14-6-7-20-46(39)41)52-35-50(57-70-37-38-22-24-42(25-23-38)59(64)65)48-32-40(15-8-10-28-61)47(21-9-11-29-62)53-49-34-45(71-44-19-13-18-43(33-44)60(66)67)26-27-51(49)72-56(52,54(48)53)69-30-4-2/h3-4,6-7,12-14,16-20,22-27,32-34,40,47,52-54,61-62H,1-2,5,8-11,15,21,28-31,35-37H2. The number of hydrogen-bond donors (Lipinski definition) is 2. The highest BCUT2D eigenvalue weighted by atomic mass is 16.7. The monoisotopic (exact) mass is 980 g/mol. The van der Waals surface area contributed by atoms with Crippen LogP contribution >= 0.6 is 0 Å². The number of nitro benzene ring substituents is 2. The smallest absolute Gasteiger partial charge is 0.410 e. The Bertz CT molecular complexity index is 2810. The molecule has 1 heterocycles. The van der Waals surface area contributed by atoms with Crippen LogP contribution in [0.25, 0.3) is 10.8 Å². The van der Waals surface area contributed by atoms with E-state index in [0.717, 1.165) is 33.9 Å². The predicted octanol–water partition coefficient (Wildman–Crippen LogP) is 11.5. The summed E-state index contributed by atoms with van der Waals surface area (Å²) in [6, 6.07) is 30.5. The zero-order valence-corrected chi connectivity index (χ0v) is 40.1. The largest absolute Gasteiger partial charge is 0.459 e. The van der Waals surface area contributed by atoms with E-state index >= 15 is 4.79 Å². The van der Waals surface area contributed by atoms with Gasteiger partial charge < -0.3 is 34.0 Å². The molecule has 1 amide bonds. The van der Waals surface area contributed by atoms with Gasteiger partial charge in [-0.3, -0.25) is 25.1 Å². The van der Waals surface area contributed by atoms with Crippen LogP contribution in [-0.4, -0.2) is 75.0 Å². The van der Waals surface area contributed by atoms with Crippen molar-refractivity contribution in [1.29, 1.82) is 0 Å². The molecule has 1 fully saturated rings. The third-order valence-electron chi connectivity index (χ3n) is 13.8.